The van der Waals surface area contributed by atoms with Crippen molar-refractivity contribution >= 4 is 47.0 Å². The first kappa shape index (κ1) is 88.9. The molecule has 0 atom stereocenters. The van der Waals surface area contributed by atoms with Crippen molar-refractivity contribution in [1.82, 2.24) is 55.4 Å². The minimum absolute atomic E-state index is 0.0375. The molecular weight excluding hydrogens is 1600 g/mol. The number of ether oxygens (including phenoxy) is 2. The fraction of sp³-hybridized carbons (Fsp3) is 0.467. The van der Waals surface area contributed by atoms with E-state index < -0.39 is 58.1 Å². The number of halogens is 8. The number of aliphatic hydroxyl groups is 2. The summed E-state index contributed by atoms with van der Waals surface area (Å²) in [6.07, 6.45) is 1.99. The maximum Gasteiger partial charge on any atom is 0.573 e. The fourth-order valence-corrected chi connectivity index (χ4v) is 20.1. The van der Waals surface area contributed by atoms with Crippen LogP contribution in [0.4, 0.5) is 77.2 Å². The van der Waals surface area contributed by atoms with E-state index in [1.807, 2.05) is 100 Å². The highest BCUT2D eigenvalue weighted by atomic mass is 19.4. The van der Waals surface area contributed by atoms with Crippen LogP contribution < -0.4 is 40.3 Å². The van der Waals surface area contributed by atoms with Crippen LogP contribution in [-0.2, 0) is 38.1 Å². The molecule has 656 valence electrons. The predicted octanol–water partition coefficient (Wildman–Crippen LogP) is 15.0. The van der Waals surface area contributed by atoms with Gasteiger partial charge in [0.25, 0.3) is 6.43 Å². The van der Waals surface area contributed by atoms with Crippen LogP contribution in [0, 0.1) is 32.4 Å². The van der Waals surface area contributed by atoms with Crippen LogP contribution in [0.1, 0.15) is 141 Å². The van der Waals surface area contributed by atoms with Crippen molar-refractivity contribution < 1.29 is 74.0 Å². The standard InChI is InChI=1S/C24H25F5N4O3.C24H31N3O2.C23H30N4O2.C21H23F3N4O/c1-31(2)23(16-4-3-5-17(25)8-16)10-22(11-23)13-32(20(34)33(22)12-21(26)14-35-15-21)19-7-6-18(9-30-19)36-24(27,28)29;1-17-13-19(22(2,3)29)11-12-20(17)27-16-23(25-21(27)28)14-24(15-23,26(4)5)18-9-7-6-8-10-18;1-16-11-19(21(2,3)29)24-12-18(16)27-15-22(25-20(27)28)13-23(14-22,26(4)5)17-9-7-6-8-10-17;1-13-7-16(18(23)24)25-9-17(13)28-12-20(26-19(28)29)10-21(11-20,27(2)3)14-5-4-6-15(22)8-14/h3-9H,10-15H2,1-2H3;6-13,29H,14-16H2,1-5H3,(H,25,28);6-12,29H,13-15H2,1-5H3,(H,25,28);4-9,18H,10-12H2,1-3H3,(H,26,29). The molecule has 9 fully saturated rings. The summed E-state index contributed by atoms with van der Waals surface area (Å²) in [5.41, 5.74) is 3.74. The van der Waals surface area contributed by atoms with Crippen molar-refractivity contribution in [2.75, 3.05) is 122 Å². The van der Waals surface area contributed by atoms with E-state index in [0.29, 0.717) is 62.3 Å². The Bertz CT molecular complexity index is 5100. The zero-order chi connectivity index (χ0) is 89.0. The average Bonchev–Trinajstić information content (AvgIpc) is 1.57. The number of amides is 8. The molecule has 3 aromatic heterocycles. The van der Waals surface area contributed by atoms with Crippen LogP contribution in [0.25, 0.3) is 0 Å². The van der Waals surface area contributed by atoms with Gasteiger partial charge in [-0.15, -0.1) is 13.2 Å². The highest BCUT2D eigenvalue weighted by molar-refractivity contribution is 5.98. The van der Waals surface area contributed by atoms with Crippen LogP contribution in [-0.4, -0.2) is 210 Å². The third-order valence-corrected chi connectivity index (χ3v) is 26.7. The molecule has 0 bridgehead atoms. The average molecular weight is 1700 g/mol. The monoisotopic (exact) mass is 1700 g/mol. The van der Waals surface area contributed by atoms with Gasteiger partial charge in [-0.2, -0.15) is 0 Å². The van der Waals surface area contributed by atoms with Crippen molar-refractivity contribution in [2.24, 2.45) is 0 Å². The molecule has 31 heteroatoms. The first-order valence-corrected chi connectivity index (χ1v) is 41.1. The molecule has 4 spiro atoms. The smallest absolute Gasteiger partial charge is 0.404 e. The number of hydrogen-bond donors (Lipinski definition) is 5. The first-order chi connectivity index (χ1) is 57.6. The van der Waals surface area contributed by atoms with Crippen molar-refractivity contribution in [3.63, 3.8) is 0 Å². The lowest BCUT2D eigenvalue weighted by Crippen LogP contribution is -2.70. The summed E-state index contributed by atoms with van der Waals surface area (Å²) in [5.74, 6) is -1.06. The van der Waals surface area contributed by atoms with Gasteiger partial charge in [0.1, 0.15) is 34.5 Å². The third-order valence-electron chi connectivity index (χ3n) is 26.7. The number of aryl methyl sites for hydroxylation is 3. The van der Waals surface area contributed by atoms with Crippen LogP contribution in [0.5, 0.6) is 5.75 Å². The Kier molecular flexibility index (Phi) is 23.3. The predicted molar refractivity (Wildman–Crippen MR) is 452 cm³/mol. The van der Waals surface area contributed by atoms with Crippen molar-refractivity contribution in [3.05, 3.63) is 238 Å². The number of carbonyl (C=O) groups is 4. The Morgan fingerprint density at radius 1 is 0.480 bits per heavy atom. The summed E-state index contributed by atoms with van der Waals surface area (Å²) in [4.78, 5) is 80.8. The highest BCUT2D eigenvalue weighted by Crippen LogP contribution is 2.60. The molecule has 0 radical (unpaired) electrons. The van der Waals surface area contributed by atoms with E-state index in [4.69, 9.17) is 4.74 Å². The van der Waals surface area contributed by atoms with E-state index in [1.54, 1.807) is 68.8 Å². The lowest BCUT2D eigenvalue weighted by molar-refractivity contribution is -0.274. The number of anilines is 4. The molecule has 5 aliphatic heterocycles. The summed E-state index contributed by atoms with van der Waals surface area (Å²) >= 11 is 0. The second-order valence-electron chi connectivity index (χ2n) is 37.2. The van der Waals surface area contributed by atoms with Gasteiger partial charge < -0.3 is 40.5 Å². The number of benzene rings is 5. The maximum atomic E-state index is 15.2. The third kappa shape index (κ3) is 16.9. The number of rotatable bonds is 18. The summed E-state index contributed by atoms with van der Waals surface area (Å²) in [6.45, 7) is 14.0. The molecule has 4 saturated carbocycles. The van der Waals surface area contributed by atoms with Gasteiger partial charge >= 0.3 is 30.5 Å². The van der Waals surface area contributed by atoms with Gasteiger partial charge in [-0.25, -0.2) is 46.1 Å². The highest BCUT2D eigenvalue weighted by Gasteiger charge is 2.68. The molecule has 23 nitrogen and oxygen atoms in total. The largest absolute Gasteiger partial charge is 0.573 e. The van der Waals surface area contributed by atoms with E-state index in [9.17, 15) is 60.1 Å². The normalized spacial score (nSPS) is 26.8. The second-order valence-corrected chi connectivity index (χ2v) is 37.2. The minimum Gasteiger partial charge on any atom is -0.404 e. The summed E-state index contributed by atoms with van der Waals surface area (Å²) in [5, 5.41) is 30.1. The van der Waals surface area contributed by atoms with E-state index in [2.05, 4.69) is 127 Å². The van der Waals surface area contributed by atoms with Gasteiger partial charge in [-0.1, -0.05) is 97.1 Å². The Morgan fingerprint density at radius 3 is 1.28 bits per heavy atom. The van der Waals surface area contributed by atoms with Crippen LogP contribution in [0.2, 0.25) is 0 Å². The Hall–Kier alpha value is -10.4. The molecule has 5 saturated heterocycles. The van der Waals surface area contributed by atoms with Crippen molar-refractivity contribution in [1.29, 1.82) is 0 Å². The molecule has 8 amide bonds. The SMILES string of the molecule is CN(C)C1(c2cccc(F)c2)CC2(CN(c3ccc(OC(F)(F)F)cn3)C(=O)N2CC2(F)COC2)C1.Cc1cc(C(C)(C)O)ccc1N1CC2(CC(c3ccccc3)(N(C)C)C2)NC1=O.Cc1cc(C(C)(C)O)ncc1N1CC2(CC(c3ccccc3)(N(C)C)C2)NC1=O.Cc1cc(C(F)F)ncc1N1CC2(CC(c3cccc(F)c3)(N(C)C)C2)NC1=O. The Balaban J connectivity index is 0.000000134. The lowest BCUT2D eigenvalue weighted by atomic mass is 9.58. The van der Waals surface area contributed by atoms with E-state index in [0.717, 1.165) is 77.1 Å². The number of carbonyl (C=O) groups excluding carboxylic acids is 4. The van der Waals surface area contributed by atoms with Crippen molar-refractivity contribution in [3.8, 4) is 5.75 Å². The summed E-state index contributed by atoms with van der Waals surface area (Å²) < 4.78 is 115. The number of hydrogen-bond acceptors (Lipinski definition) is 15. The van der Waals surface area contributed by atoms with Gasteiger partial charge in [0.05, 0.1) is 132 Å². The van der Waals surface area contributed by atoms with Gasteiger partial charge in [0.2, 0.25) is 0 Å². The number of alkyl halides is 6. The summed E-state index contributed by atoms with van der Waals surface area (Å²) in [6, 6.07) is 44.4. The molecule has 8 heterocycles. The lowest BCUT2D eigenvalue weighted by Gasteiger charge is -2.61. The number of aromatic nitrogens is 3. The first-order valence-electron chi connectivity index (χ1n) is 41.1. The maximum absolute atomic E-state index is 15.2. The topological polar surface area (TPSA) is 231 Å². The van der Waals surface area contributed by atoms with Crippen LogP contribution >= 0.6 is 0 Å². The van der Waals surface area contributed by atoms with E-state index in [1.165, 1.54) is 57.5 Å². The zero-order valence-corrected chi connectivity index (χ0v) is 72.1. The summed E-state index contributed by atoms with van der Waals surface area (Å²) in [7, 11) is 16.1. The second kappa shape index (κ2) is 32.3. The number of urea groups is 4. The number of nitrogens with zero attached hydrogens (tertiary/aromatic N) is 12. The molecule has 123 heavy (non-hydrogen) atoms. The molecule has 17 rings (SSSR count). The Labute approximate surface area is 712 Å². The Morgan fingerprint density at radius 2 is 0.902 bits per heavy atom. The molecule has 5 N–H and O–H groups in total. The molecule has 4 aliphatic carbocycles. The fourth-order valence-electron chi connectivity index (χ4n) is 20.1. The van der Waals surface area contributed by atoms with E-state index in [-0.39, 0.29) is 95.2 Å². The van der Waals surface area contributed by atoms with Crippen molar-refractivity contribution in [2.45, 2.75) is 174 Å². The van der Waals surface area contributed by atoms with Gasteiger partial charge in [0, 0.05) is 5.69 Å². The van der Waals surface area contributed by atoms with Crippen LogP contribution in [0.15, 0.2) is 170 Å². The molecule has 0 unspecified atom stereocenters. The van der Waals surface area contributed by atoms with Crippen LogP contribution in [0.3, 0.4) is 0 Å². The molecule has 8 aromatic rings. The molecule has 5 aromatic carbocycles. The molecular formula is C92H109F8N15O8. The number of nitrogens with one attached hydrogen (secondary N) is 3. The number of pyridine rings is 3. The minimum atomic E-state index is -4.87. The van der Waals surface area contributed by atoms with Gasteiger partial charge in [-0.05, 0) is 255 Å². The van der Waals surface area contributed by atoms with Gasteiger partial charge in [0.15, 0.2) is 5.67 Å². The quantitative estimate of drug-likeness (QED) is 0.0503. The van der Waals surface area contributed by atoms with E-state index >= 15 is 4.39 Å². The zero-order valence-electron chi connectivity index (χ0n) is 72.1. The molecule has 9 aliphatic rings. The van der Waals surface area contributed by atoms with Gasteiger partial charge in [-0.3, -0.25) is 49.2 Å².